The molecule has 1 heterocycles. The quantitative estimate of drug-likeness (QED) is 0.563. The zero-order valence-corrected chi connectivity index (χ0v) is 12.3. The first-order valence-electron chi connectivity index (χ1n) is 6.89. The lowest BCUT2D eigenvalue weighted by Gasteiger charge is -2.22. The maximum atomic E-state index is 5.71. The van der Waals surface area contributed by atoms with Crippen LogP contribution in [-0.4, -0.2) is 32.4 Å². The minimum atomic E-state index is 0.0324. The van der Waals surface area contributed by atoms with Crippen molar-refractivity contribution in [2.45, 2.75) is 36.9 Å². The summed E-state index contributed by atoms with van der Waals surface area (Å²) in [6.45, 7) is 1.62. The maximum Gasteiger partial charge on any atom is 0.157 e. The van der Waals surface area contributed by atoms with Gasteiger partial charge in [-0.2, -0.15) is 0 Å². The molecular weight excluding hydrogens is 260 g/mol. The van der Waals surface area contributed by atoms with Crippen LogP contribution in [0.4, 0.5) is 0 Å². The van der Waals surface area contributed by atoms with Crippen molar-refractivity contribution in [1.29, 1.82) is 0 Å². The Kier molecular flexibility index (Phi) is 6.54. The van der Waals surface area contributed by atoms with Gasteiger partial charge in [0, 0.05) is 17.3 Å². The summed E-state index contributed by atoms with van der Waals surface area (Å²) in [7, 11) is 1.71. The van der Waals surface area contributed by atoms with Crippen LogP contribution in [0.15, 0.2) is 29.2 Å². The average Bonchev–Trinajstić information content (AvgIpc) is 2.48. The Morgan fingerprint density at radius 3 is 3.00 bits per heavy atom. The summed E-state index contributed by atoms with van der Waals surface area (Å²) in [6.07, 6.45) is 4.50. The first-order chi connectivity index (χ1) is 9.40. The minimum Gasteiger partial charge on any atom is -0.496 e. The average molecular weight is 282 g/mol. The zero-order chi connectivity index (χ0) is 13.3. The summed E-state index contributed by atoms with van der Waals surface area (Å²) >= 11 is 1.81. The molecule has 1 saturated heterocycles. The van der Waals surface area contributed by atoms with Crippen LogP contribution in [-0.2, 0) is 9.47 Å². The van der Waals surface area contributed by atoms with Crippen LogP contribution in [0.3, 0.4) is 0 Å². The van der Waals surface area contributed by atoms with E-state index in [4.69, 9.17) is 14.2 Å². The Bertz CT molecular complexity index is 364. The van der Waals surface area contributed by atoms with Crippen molar-refractivity contribution >= 4 is 11.8 Å². The van der Waals surface area contributed by atoms with Gasteiger partial charge < -0.3 is 14.2 Å². The molecule has 1 aromatic rings. The molecule has 1 atom stereocenters. The summed E-state index contributed by atoms with van der Waals surface area (Å²) < 4.78 is 16.6. The molecule has 1 aliphatic rings. The van der Waals surface area contributed by atoms with Gasteiger partial charge in [0.1, 0.15) is 5.75 Å². The fourth-order valence-corrected chi connectivity index (χ4v) is 2.99. The highest BCUT2D eigenvalue weighted by atomic mass is 32.2. The van der Waals surface area contributed by atoms with Crippen LogP contribution in [0.1, 0.15) is 25.7 Å². The van der Waals surface area contributed by atoms with Crippen LogP contribution in [0.2, 0.25) is 0 Å². The first-order valence-corrected chi connectivity index (χ1v) is 7.88. The smallest absolute Gasteiger partial charge is 0.157 e. The molecule has 0 bridgehead atoms. The van der Waals surface area contributed by atoms with Gasteiger partial charge in [0.2, 0.25) is 0 Å². The molecule has 1 fully saturated rings. The molecule has 1 aromatic carbocycles. The predicted molar refractivity (Wildman–Crippen MR) is 77.9 cm³/mol. The van der Waals surface area contributed by atoms with E-state index in [2.05, 4.69) is 6.07 Å². The van der Waals surface area contributed by atoms with E-state index in [1.54, 1.807) is 7.11 Å². The maximum absolute atomic E-state index is 5.71. The van der Waals surface area contributed by atoms with Gasteiger partial charge in [0.05, 0.1) is 13.7 Å². The monoisotopic (exact) mass is 282 g/mol. The lowest BCUT2D eigenvalue weighted by atomic mass is 10.2. The van der Waals surface area contributed by atoms with Crippen LogP contribution in [0, 0.1) is 0 Å². The van der Waals surface area contributed by atoms with Gasteiger partial charge >= 0.3 is 0 Å². The van der Waals surface area contributed by atoms with Gasteiger partial charge in [-0.15, -0.1) is 11.8 Å². The van der Waals surface area contributed by atoms with Crippen molar-refractivity contribution in [2.24, 2.45) is 0 Å². The van der Waals surface area contributed by atoms with E-state index in [0.717, 1.165) is 37.6 Å². The summed E-state index contributed by atoms with van der Waals surface area (Å²) in [5, 5.41) is 0. The van der Waals surface area contributed by atoms with Gasteiger partial charge in [-0.3, -0.25) is 0 Å². The lowest BCUT2D eigenvalue weighted by molar-refractivity contribution is -0.162. The number of para-hydroxylation sites is 1. The Hall–Kier alpha value is -0.710. The second kappa shape index (κ2) is 8.46. The molecule has 4 heteroatoms. The number of hydrogen-bond acceptors (Lipinski definition) is 4. The Morgan fingerprint density at radius 1 is 1.32 bits per heavy atom. The molecule has 3 nitrogen and oxygen atoms in total. The van der Waals surface area contributed by atoms with Crippen molar-refractivity contribution in [1.82, 2.24) is 0 Å². The molecule has 0 amide bonds. The summed E-state index contributed by atoms with van der Waals surface area (Å²) in [4.78, 5) is 1.19. The number of thioether (sulfide) groups is 1. The number of hydrogen-bond donors (Lipinski definition) is 0. The van der Waals surface area contributed by atoms with Crippen molar-refractivity contribution in [3.63, 3.8) is 0 Å². The zero-order valence-electron chi connectivity index (χ0n) is 11.5. The van der Waals surface area contributed by atoms with Gasteiger partial charge in [-0.25, -0.2) is 0 Å². The van der Waals surface area contributed by atoms with Gasteiger partial charge in [0.15, 0.2) is 6.29 Å². The molecule has 0 saturated carbocycles. The van der Waals surface area contributed by atoms with E-state index >= 15 is 0 Å². The molecule has 0 spiro atoms. The number of ether oxygens (including phenoxy) is 3. The molecule has 0 N–H and O–H groups in total. The predicted octanol–water partition coefficient (Wildman–Crippen LogP) is 3.72. The SMILES string of the molecule is COc1ccccc1SCCCO[C@H]1CCCCO1. The van der Waals surface area contributed by atoms with Crippen molar-refractivity contribution in [2.75, 3.05) is 26.1 Å². The second-order valence-electron chi connectivity index (χ2n) is 4.52. The van der Waals surface area contributed by atoms with Crippen LogP contribution in [0.5, 0.6) is 5.75 Å². The number of methoxy groups -OCH3 is 1. The molecule has 0 aliphatic carbocycles. The largest absolute Gasteiger partial charge is 0.496 e. The Morgan fingerprint density at radius 2 is 2.21 bits per heavy atom. The minimum absolute atomic E-state index is 0.0324. The highest BCUT2D eigenvalue weighted by Crippen LogP contribution is 2.29. The lowest BCUT2D eigenvalue weighted by Crippen LogP contribution is -2.22. The third kappa shape index (κ3) is 5.05. The third-order valence-corrected chi connectivity index (χ3v) is 4.20. The number of benzene rings is 1. The summed E-state index contributed by atoms with van der Waals surface area (Å²) in [5.41, 5.74) is 0. The van der Waals surface area contributed by atoms with Crippen molar-refractivity contribution < 1.29 is 14.2 Å². The fraction of sp³-hybridized carbons (Fsp3) is 0.600. The number of rotatable bonds is 7. The Labute approximate surface area is 119 Å². The Balaban J connectivity index is 1.61. The van der Waals surface area contributed by atoms with Crippen LogP contribution in [0.25, 0.3) is 0 Å². The van der Waals surface area contributed by atoms with Crippen molar-refractivity contribution in [3.8, 4) is 5.75 Å². The highest BCUT2D eigenvalue weighted by Gasteiger charge is 2.13. The van der Waals surface area contributed by atoms with Crippen LogP contribution < -0.4 is 4.74 Å². The van der Waals surface area contributed by atoms with Gasteiger partial charge in [-0.05, 0) is 37.8 Å². The second-order valence-corrected chi connectivity index (χ2v) is 5.66. The molecular formula is C15H22O3S. The molecule has 0 radical (unpaired) electrons. The molecule has 19 heavy (non-hydrogen) atoms. The highest BCUT2D eigenvalue weighted by molar-refractivity contribution is 7.99. The topological polar surface area (TPSA) is 27.7 Å². The van der Waals surface area contributed by atoms with E-state index in [0.29, 0.717) is 0 Å². The van der Waals surface area contributed by atoms with Gasteiger partial charge in [0.25, 0.3) is 0 Å². The first kappa shape index (κ1) is 14.7. The molecule has 2 rings (SSSR count). The van der Waals surface area contributed by atoms with E-state index in [9.17, 15) is 0 Å². The molecule has 0 unspecified atom stereocenters. The third-order valence-electron chi connectivity index (χ3n) is 3.06. The molecule has 0 aromatic heterocycles. The summed E-state index contributed by atoms with van der Waals surface area (Å²) in [6, 6.07) is 8.12. The van der Waals surface area contributed by atoms with E-state index < -0.39 is 0 Å². The van der Waals surface area contributed by atoms with E-state index in [1.165, 1.54) is 17.7 Å². The van der Waals surface area contributed by atoms with Crippen molar-refractivity contribution in [3.05, 3.63) is 24.3 Å². The molecule has 1 aliphatic heterocycles. The van der Waals surface area contributed by atoms with Crippen LogP contribution >= 0.6 is 11.8 Å². The van der Waals surface area contributed by atoms with Gasteiger partial charge in [-0.1, -0.05) is 12.1 Å². The fourth-order valence-electron chi connectivity index (χ4n) is 2.04. The van der Waals surface area contributed by atoms with E-state index in [-0.39, 0.29) is 6.29 Å². The standard InChI is InChI=1S/C15H22O3S/c1-16-13-7-2-3-8-14(13)19-12-6-11-18-15-9-4-5-10-17-15/h2-3,7-8,15H,4-6,9-12H2,1H3/t15-/m0/s1. The summed E-state index contributed by atoms with van der Waals surface area (Å²) in [5.74, 6) is 1.98. The van der Waals surface area contributed by atoms with E-state index in [1.807, 2.05) is 30.0 Å². The molecule has 106 valence electrons. The normalized spacial score (nSPS) is 19.3.